The molecule has 1 rings (SSSR count). The molecular formula is C8H11BrMgOS. The summed E-state index contributed by atoms with van der Waals surface area (Å²) < 4.78 is 6.19. The highest BCUT2D eigenvalue weighted by molar-refractivity contribution is 9.10. The van der Waals surface area contributed by atoms with Gasteiger partial charge in [-0.2, -0.15) is 0 Å². The minimum Gasteiger partial charge on any atom is -0.497 e. The Morgan fingerprint density at radius 3 is 2.58 bits per heavy atom. The van der Waals surface area contributed by atoms with Crippen LogP contribution in [0.25, 0.3) is 0 Å². The second kappa shape index (κ2) is 6.13. The molecule has 12 heavy (non-hydrogen) atoms. The van der Waals surface area contributed by atoms with Crippen molar-refractivity contribution in [3.8, 4) is 5.75 Å². The number of halogens is 1. The van der Waals surface area contributed by atoms with E-state index >= 15 is 0 Å². The number of hydrogen-bond acceptors (Lipinski definition) is 2. The monoisotopic (exact) mass is 258 g/mol. The second-order valence-electron chi connectivity index (χ2n) is 2.00. The van der Waals surface area contributed by atoms with Crippen molar-refractivity contribution in [2.75, 3.05) is 13.4 Å². The van der Waals surface area contributed by atoms with Gasteiger partial charge in [-0.15, -0.1) is 11.8 Å². The summed E-state index contributed by atoms with van der Waals surface area (Å²) in [5.41, 5.74) is 0. The average Bonchev–Trinajstić information content (AvgIpc) is 2.05. The molecule has 1 aromatic rings. The SMILES string of the molecule is COc1ccc(Br)c(SC)c1.[MgH2]. The lowest BCUT2D eigenvalue weighted by Gasteiger charge is -2.03. The van der Waals surface area contributed by atoms with Crippen molar-refractivity contribution in [2.45, 2.75) is 4.90 Å². The molecule has 0 aliphatic rings. The molecule has 0 aliphatic carbocycles. The number of thioether (sulfide) groups is 1. The summed E-state index contributed by atoms with van der Waals surface area (Å²) in [6.07, 6.45) is 2.04. The molecule has 0 atom stereocenters. The van der Waals surface area contributed by atoms with Crippen molar-refractivity contribution >= 4 is 50.7 Å². The van der Waals surface area contributed by atoms with Gasteiger partial charge >= 0.3 is 23.1 Å². The summed E-state index contributed by atoms with van der Waals surface area (Å²) in [5.74, 6) is 0.901. The van der Waals surface area contributed by atoms with Gasteiger partial charge in [-0.05, 0) is 40.4 Å². The summed E-state index contributed by atoms with van der Waals surface area (Å²) in [6.45, 7) is 0. The van der Waals surface area contributed by atoms with E-state index in [1.807, 2.05) is 24.5 Å². The summed E-state index contributed by atoms with van der Waals surface area (Å²) in [4.78, 5) is 1.20. The first kappa shape index (κ1) is 12.6. The lowest BCUT2D eigenvalue weighted by Crippen LogP contribution is -1.82. The van der Waals surface area contributed by atoms with Crippen LogP contribution in [0.1, 0.15) is 0 Å². The Labute approximate surface area is 102 Å². The van der Waals surface area contributed by atoms with Crippen LogP contribution in [0, 0.1) is 0 Å². The molecule has 0 N–H and O–H groups in total. The maximum absolute atomic E-state index is 5.08. The van der Waals surface area contributed by atoms with Crippen molar-refractivity contribution in [1.29, 1.82) is 0 Å². The largest absolute Gasteiger partial charge is 0.497 e. The van der Waals surface area contributed by atoms with E-state index in [4.69, 9.17) is 4.74 Å². The average molecular weight is 259 g/mol. The Kier molecular flexibility index (Phi) is 6.44. The highest BCUT2D eigenvalue weighted by atomic mass is 79.9. The fourth-order valence-corrected chi connectivity index (χ4v) is 2.00. The number of methoxy groups -OCH3 is 1. The van der Waals surface area contributed by atoms with E-state index in [0.29, 0.717) is 0 Å². The molecule has 0 unspecified atom stereocenters. The van der Waals surface area contributed by atoms with E-state index in [9.17, 15) is 0 Å². The molecule has 0 heterocycles. The Balaban J connectivity index is 0.00000121. The van der Waals surface area contributed by atoms with E-state index in [2.05, 4.69) is 15.9 Å². The predicted molar refractivity (Wildman–Crippen MR) is 61.0 cm³/mol. The Morgan fingerprint density at radius 1 is 1.42 bits per heavy atom. The van der Waals surface area contributed by atoms with E-state index in [1.54, 1.807) is 18.9 Å². The molecule has 1 nitrogen and oxygen atoms in total. The van der Waals surface area contributed by atoms with Gasteiger partial charge in [-0.1, -0.05) is 0 Å². The van der Waals surface area contributed by atoms with Crippen molar-refractivity contribution in [1.82, 2.24) is 0 Å². The molecular weight excluding hydrogens is 248 g/mol. The zero-order chi connectivity index (χ0) is 8.27. The second-order valence-corrected chi connectivity index (χ2v) is 3.70. The molecule has 0 radical (unpaired) electrons. The number of hydrogen-bond donors (Lipinski definition) is 0. The van der Waals surface area contributed by atoms with Crippen LogP contribution in [0.5, 0.6) is 5.75 Å². The first-order valence-electron chi connectivity index (χ1n) is 3.15. The summed E-state index contributed by atoms with van der Waals surface area (Å²) in [6, 6.07) is 5.93. The van der Waals surface area contributed by atoms with Crippen LogP contribution in [0.3, 0.4) is 0 Å². The molecule has 1 aromatic carbocycles. The third-order valence-electron chi connectivity index (χ3n) is 1.36. The highest BCUT2D eigenvalue weighted by Crippen LogP contribution is 2.29. The van der Waals surface area contributed by atoms with E-state index in [0.717, 1.165) is 10.2 Å². The molecule has 0 aromatic heterocycles. The van der Waals surface area contributed by atoms with Gasteiger partial charge in [0.1, 0.15) is 5.75 Å². The summed E-state index contributed by atoms with van der Waals surface area (Å²) in [7, 11) is 1.67. The van der Waals surface area contributed by atoms with Gasteiger partial charge in [0.15, 0.2) is 0 Å². The molecule has 0 saturated heterocycles. The van der Waals surface area contributed by atoms with Gasteiger partial charge in [-0.25, -0.2) is 0 Å². The Hall–Kier alpha value is 0.616. The van der Waals surface area contributed by atoms with Crippen LogP contribution in [0.2, 0.25) is 0 Å². The zero-order valence-corrected chi connectivity index (χ0v) is 8.83. The molecule has 0 saturated carbocycles. The van der Waals surface area contributed by atoms with Gasteiger partial charge in [0.2, 0.25) is 0 Å². The minimum atomic E-state index is 0. The standard InChI is InChI=1S/C8H9BrOS.Mg.2H/c1-10-6-3-4-7(9)8(5-6)11-2;;;/h3-5H,1-2H3;;;. The molecule has 4 heteroatoms. The third kappa shape index (κ3) is 3.16. The fraction of sp³-hybridized carbons (Fsp3) is 0.250. The lowest BCUT2D eigenvalue weighted by atomic mass is 10.3. The number of ether oxygens (including phenoxy) is 1. The minimum absolute atomic E-state index is 0. The molecule has 0 fully saturated rings. The van der Waals surface area contributed by atoms with Crippen LogP contribution < -0.4 is 4.74 Å². The molecule has 64 valence electrons. The molecule has 0 aliphatic heterocycles. The quantitative estimate of drug-likeness (QED) is 0.595. The van der Waals surface area contributed by atoms with Gasteiger partial charge in [0.05, 0.1) is 7.11 Å². The van der Waals surface area contributed by atoms with E-state index in [-0.39, 0.29) is 23.1 Å². The number of rotatable bonds is 2. The van der Waals surface area contributed by atoms with Crippen molar-refractivity contribution in [3.63, 3.8) is 0 Å². The van der Waals surface area contributed by atoms with Crippen molar-refractivity contribution in [3.05, 3.63) is 22.7 Å². The van der Waals surface area contributed by atoms with Crippen LogP contribution in [0.4, 0.5) is 0 Å². The van der Waals surface area contributed by atoms with Crippen LogP contribution in [-0.4, -0.2) is 36.4 Å². The predicted octanol–water partition coefficient (Wildman–Crippen LogP) is 2.26. The normalized spacial score (nSPS) is 8.92. The first-order valence-corrected chi connectivity index (χ1v) is 5.17. The van der Waals surface area contributed by atoms with Gasteiger partial charge in [0, 0.05) is 9.37 Å². The highest BCUT2D eigenvalue weighted by Gasteiger charge is 1.98. The fourth-order valence-electron chi connectivity index (χ4n) is 0.767. The topological polar surface area (TPSA) is 9.23 Å². The van der Waals surface area contributed by atoms with Crippen molar-refractivity contribution in [2.24, 2.45) is 0 Å². The van der Waals surface area contributed by atoms with Gasteiger partial charge < -0.3 is 4.74 Å². The van der Waals surface area contributed by atoms with Crippen molar-refractivity contribution < 1.29 is 4.74 Å². The molecule has 0 amide bonds. The summed E-state index contributed by atoms with van der Waals surface area (Å²) in [5, 5.41) is 0. The smallest absolute Gasteiger partial charge is 0.316 e. The van der Waals surface area contributed by atoms with Crippen LogP contribution in [-0.2, 0) is 0 Å². The van der Waals surface area contributed by atoms with Gasteiger partial charge in [0.25, 0.3) is 0 Å². The zero-order valence-electron chi connectivity index (χ0n) is 6.43. The maximum Gasteiger partial charge on any atom is 0.316 e. The first-order chi connectivity index (χ1) is 5.27. The molecule has 0 bridgehead atoms. The third-order valence-corrected chi connectivity index (χ3v) is 3.09. The van der Waals surface area contributed by atoms with Gasteiger partial charge in [-0.3, -0.25) is 0 Å². The Bertz CT molecular complexity index is 255. The molecule has 0 spiro atoms. The van der Waals surface area contributed by atoms with E-state index < -0.39 is 0 Å². The van der Waals surface area contributed by atoms with Crippen LogP contribution >= 0.6 is 27.7 Å². The number of benzene rings is 1. The Morgan fingerprint density at radius 2 is 2.08 bits per heavy atom. The maximum atomic E-state index is 5.08. The van der Waals surface area contributed by atoms with Crippen LogP contribution in [0.15, 0.2) is 27.6 Å². The lowest BCUT2D eigenvalue weighted by molar-refractivity contribution is 0.413. The van der Waals surface area contributed by atoms with E-state index in [1.165, 1.54) is 4.90 Å². The summed E-state index contributed by atoms with van der Waals surface area (Å²) >= 11 is 5.14.